The Morgan fingerprint density at radius 1 is 1.04 bits per heavy atom. The number of benzene rings is 2. The van der Waals surface area contributed by atoms with Crippen molar-refractivity contribution in [2.75, 3.05) is 13.7 Å². The van der Waals surface area contributed by atoms with Crippen LogP contribution >= 0.6 is 0 Å². The van der Waals surface area contributed by atoms with Crippen LogP contribution in [-0.2, 0) is 9.53 Å². The van der Waals surface area contributed by atoms with Crippen molar-refractivity contribution in [3.8, 4) is 17.0 Å². The Bertz CT molecular complexity index is 932. The maximum absolute atomic E-state index is 12.4. The molecule has 3 rings (SSSR count). The van der Waals surface area contributed by atoms with Gasteiger partial charge < -0.3 is 9.47 Å². The lowest BCUT2D eigenvalue weighted by Crippen LogP contribution is -2.12. The molecule has 0 aliphatic carbocycles. The first kappa shape index (κ1) is 16.6. The highest BCUT2D eigenvalue weighted by Crippen LogP contribution is 2.26. The van der Waals surface area contributed by atoms with Crippen LogP contribution in [0, 0.1) is 0 Å². The molecule has 0 radical (unpaired) electrons. The summed E-state index contributed by atoms with van der Waals surface area (Å²) < 4.78 is 10.3. The van der Waals surface area contributed by atoms with Gasteiger partial charge in [0.05, 0.1) is 23.9 Å². The van der Waals surface area contributed by atoms with Crippen LogP contribution in [0.3, 0.4) is 0 Å². The fourth-order valence-electron chi connectivity index (χ4n) is 2.50. The molecule has 0 bridgehead atoms. The molecule has 0 unspecified atom stereocenters. The van der Waals surface area contributed by atoms with Crippen molar-refractivity contribution in [2.45, 2.75) is 6.92 Å². The van der Waals surface area contributed by atoms with E-state index < -0.39 is 5.97 Å². The van der Waals surface area contributed by atoms with Gasteiger partial charge >= 0.3 is 5.97 Å². The van der Waals surface area contributed by atoms with Gasteiger partial charge in [0.15, 0.2) is 5.78 Å². The quantitative estimate of drug-likeness (QED) is 0.666. The van der Waals surface area contributed by atoms with Gasteiger partial charge in [0.2, 0.25) is 0 Å². The molecular formula is C20H17NO4. The molecule has 0 saturated heterocycles. The fraction of sp³-hybridized carbons (Fsp3) is 0.150. The fourth-order valence-corrected chi connectivity index (χ4v) is 2.50. The zero-order valence-electron chi connectivity index (χ0n) is 14.0. The van der Waals surface area contributed by atoms with Gasteiger partial charge in [-0.2, -0.15) is 0 Å². The summed E-state index contributed by atoms with van der Waals surface area (Å²) in [6.07, 6.45) is 0. The van der Waals surface area contributed by atoms with Crippen molar-refractivity contribution < 1.29 is 19.1 Å². The first-order valence-corrected chi connectivity index (χ1v) is 7.79. The van der Waals surface area contributed by atoms with Crippen molar-refractivity contribution in [2.24, 2.45) is 0 Å². The molecule has 1 aromatic heterocycles. The van der Waals surface area contributed by atoms with Crippen LogP contribution in [0.15, 0.2) is 54.6 Å². The SMILES string of the molecule is COc1ccc(-c2cc(C(=O)OCC(C)=O)c3ccccc3n2)cc1. The van der Waals surface area contributed by atoms with E-state index in [1.54, 1.807) is 13.2 Å². The number of ketones is 1. The lowest BCUT2D eigenvalue weighted by Gasteiger charge is -2.10. The molecule has 0 amide bonds. The molecule has 0 saturated carbocycles. The number of esters is 1. The van der Waals surface area contributed by atoms with Crippen molar-refractivity contribution in [1.29, 1.82) is 0 Å². The van der Waals surface area contributed by atoms with Crippen LogP contribution < -0.4 is 4.74 Å². The molecule has 0 N–H and O–H groups in total. The van der Waals surface area contributed by atoms with Gasteiger partial charge in [-0.15, -0.1) is 0 Å². The topological polar surface area (TPSA) is 65.5 Å². The number of carbonyl (C=O) groups excluding carboxylic acids is 2. The number of pyridine rings is 1. The summed E-state index contributed by atoms with van der Waals surface area (Å²) in [6.45, 7) is 1.13. The third-order valence-corrected chi connectivity index (χ3v) is 3.73. The van der Waals surface area contributed by atoms with Crippen LogP contribution in [0.25, 0.3) is 22.2 Å². The second-order valence-electron chi connectivity index (χ2n) is 5.58. The highest BCUT2D eigenvalue weighted by molar-refractivity contribution is 6.05. The molecule has 2 aromatic carbocycles. The number of carbonyl (C=O) groups is 2. The number of aromatic nitrogens is 1. The van der Waals surface area contributed by atoms with Crippen LogP contribution in [0.2, 0.25) is 0 Å². The monoisotopic (exact) mass is 335 g/mol. The number of hydrogen-bond acceptors (Lipinski definition) is 5. The van der Waals surface area contributed by atoms with Gasteiger partial charge in [-0.1, -0.05) is 18.2 Å². The highest BCUT2D eigenvalue weighted by atomic mass is 16.5. The maximum atomic E-state index is 12.4. The van der Waals surface area contributed by atoms with Crippen LogP contribution in [-0.4, -0.2) is 30.5 Å². The molecule has 0 aliphatic rings. The second kappa shape index (κ2) is 7.13. The van der Waals surface area contributed by atoms with E-state index in [-0.39, 0.29) is 12.4 Å². The molecule has 5 heteroatoms. The third kappa shape index (κ3) is 3.66. The Labute approximate surface area is 145 Å². The summed E-state index contributed by atoms with van der Waals surface area (Å²) in [5.74, 6) is -0.00344. The number of methoxy groups -OCH3 is 1. The number of rotatable bonds is 5. The van der Waals surface area contributed by atoms with E-state index in [9.17, 15) is 9.59 Å². The predicted molar refractivity (Wildman–Crippen MR) is 94.7 cm³/mol. The number of nitrogens with zero attached hydrogens (tertiary/aromatic N) is 1. The second-order valence-corrected chi connectivity index (χ2v) is 5.58. The number of fused-ring (bicyclic) bond motifs is 1. The Morgan fingerprint density at radius 3 is 2.44 bits per heavy atom. The van der Waals surface area contributed by atoms with Crippen LogP contribution in [0.5, 0.6) is 5.75 Å². The van der Waals surface area contributed by atoms with Gasteiger partial charge in [0, 0.05) is 10.9 Å². The van der Waals surface area contributed by atoms with Crippen molar-refractivity contribution in [3.63, 3.8) is 0 Å². The lowest BCUT2D eigenvalue weighted by atomic mass is 10.0. The molecule has 0 aliphatic heterocycles. The minimum absolute atomic E-state index is 0.206. The normalized spacial score (nSPS) is 10.5. The summed E-state index contributed by atoms with van der Waals surface area (Å²) in [5, 5.41) is 0.688. The number of Topliss-reactive ketones (excluding diaryl/α,β-unsaturated/α-hetero) is 1. The van der Waals surface area contributed by atoms with E-state index >= 15 is 0 Å². The van der Waals surface area contributed by atoms with E-state index in [1.807, 2.05) is 48.5 Å². The average Bonchev–Trinajstić information content (AvgIpc) is 2.65. The zero-order valence-corrected chi connectivity index (χ0v) is 14.0. The average molecular weight is 335 g/mol. The molecule has 126 valence electrons. The molecule has 1 heterocycles. The van der Waals surface area contributed by atoms with Gasteiger partial charge in [0.25, 0.3) is 0 Å². The number of ether oxygens (including phenoxy) is 2. The van der Waals surface area contributed by atoms with E-state index in [2.05, 4.69) is 4.98 Å². The van der Waals surface area contributed by atoms with Crippen molar-refractivity contribution in [3.05, 3.63) is 60.2 Å². The minimum Gasteiger partial charge on any atom is -0.497 e. The van der Waals surface area contributed by atoms with Crippen molar-refractivity contribution >= 4 is 22.7 Å². The molecule has 5 nitrogen and oxygen atoms in total. The molecule has 0 spiro atoms. The summed E-state index contributed by atoms with van der Waals surface area (Å²) in [4.78, 5) is 28.1. The zero-order chi connectivity index (χ0) is 17.8. The maximum Gasteiger partial charge on any atom is 0.339 e. The highest BCUT2D eigenvalue weighted by Gasteiger charge is 2.15. The summed E-state index contributed by atoms with van der Waals surface area (Å²) in [6, 6.07) is 16.4. The van der Waals surface area contributed by atoms with Crippen LogP contribution in [0.1, 0.15) is 17.3 Å². The Kier molecular flexibility index (Phi) is 4.75. The molecular weight excluding hydrogens is 318 g/mol. The predicted octanol–water partition coefficient (Wildman–Crippen LogP) is 3.66. The van der Waals surface area contributed by atoms with Gasteiger partial charge in [-0.05, 0) is 43.3 Å². The summed E-state index contributed by atoms with van der Waals surface area (Å²) in [5.41, 5.74) is 2.58. The Morgan fingerprint density at radius 2 is 1.76 bits per heavy atom. The van der Waals surface area contributed by atoms with E-state index in [0.29, 0.717) is 22.2 Å². The van der Waals surface area contributed by atoms with Gasteiger partial charge in [-0.25, -0.2) is 9.78 Å². The molecule has 0 atom stereocenters. The van der Waals surface area contributed by atoms with Gasteiger partial charge in [-0.3, -0.25) is 4.79 Å². The first-order chi connectivity index (χ1) is 12.1. The smallest absolute Gasteiger partial charge is 0.339 e. The summed E-state index contributed by atoms with van der Waals surface area (Å²) in [7, 11) is 1.60. The first-order valence-electron chi connectivity index (χ1n) is 7.79. The largest absolute Gasteiger partial charge is 0.497 e. The molecule has 3 aromatic rings. The van der Waals surface area contributed by atoms with E-state index in [1.165, 1.54) is 6.92 Å². The standard InChI is InChI=1S/C20H17NO4/c1-13(22)12-25-20(23)17-11-19(14-7-9-15(24-2)10-8-14)21-18-6-4-3-5-16(17)18/h3-11H,12H2,1-2H3. The molecule has 0 fully saturated rings. The Hall–Kier alpha value is -3.21. The van der Waals surface area contributed by atoms with E-state index in [4.69, 9.17) is 9.47 Å². The van der Waals surface area contributed by atoms with E-state index in [0.717, 1.165) is 11.3 Å². The van der Waals surface area contributed by atoms with Crippen LogP contribution in [0.4, 0.5) is 0 Å². The Balaban J connectivity index is 2.08. The summed E-state index contributed by atoms with van der Waals surface area (Å²) >= 11 is 0. The number of para-hydroxylation sites is 1. The lowest BCUT2D eigenvalue weighted by molar-refractivity contribution is -0.120. The molecule has 25 heavy (non-hydrogen) atoms. The third-order valence-electron chi connectivity index (χ3n) is 3.73. The minimum atomic E-state index is -0.538. The number of hydrogen-bond donors (Lipinski definition) is 0. The van der Waals surface area contributed by atoms with Gasteiger partial charge in [0.1, 0.15) is 12.4 Å². The van der Waals surface area contributed by atoms with Crippen molar-refractivity contribution in [1.82, 2.24) is 4.98 Å².